The summed E-state index contributed by atoms with van der Waals surface area (Å²) in [4.78, 5) is 47.5. The summed E-state index contributed by atoms with van der Waals surface area (Å²) in [6.07, 6.45) is 0. The minimum absolute atomic E-state index is 0.0258. The number of ether oxygens (including phenoxy) is 2. The lowest BCUT2D eigenvalue weighted by Gasteiger charge is -2.15. The van der Waals surface area contributed by atoms with Gasteiger partial charge in [-0.05, 0) is 39.0 Å². The highest BCUT2D eigenvalue weighted by Crippen LogP contribution is 2.19. The van der Waals surface area contributed by atoms with E-state index in [1.165, 1.54) is 31.2 Å². The third-order valence-corrected chi connectivity index (χ3v) is 3.76. The third-order valence-electron chi connectivity index (χ3n) is 3.76. The minimum atomic E-state index is -0.872. The Balaban J connectivity index is 2.74. The number of hydrogen-bond donors (Lipinski definition) is 0. The van der Waals surface area contributed by atoms with Crippen molar-refractivity contribution >= 4 is 17.6 Å². The SMILES string of the molecule is CCOC(=O)c1cc(C(=O)OCC)c(=O)n(-c2ccc([N+](=O)[O-])cc2)c1C. The molecule has 0 aliphatic carbocycles. The Bertz CT molecular complexity index is 945. The van der Waals surface area contributed by atoms with Gasteiger partial charge in [-0.1, -0.05) is 0 Å². The average Bonchev–Trinajstić information content (AvgIpc) is 2.62. The number of rotatable bonds is 6. The number of non-ortho nitro benzene ring substituents is 1. The first-order valence-electron chi connectivity index (χ1n) is 8.17. The Morgan fingerprint density at radius 1 is 1.04 bits per heavy atom. The van der Waals surface area contributed by atoms with Gasteiger partial charge in [-0.25, -0.2) is 9.59 Å². The molecule has 0 aliphatic rings. The number of carbonyl (C=O) groups excluding carboxylic acids is 2. The molecule has 1 aromatic carbocycles. The number of carbonyl (C=O) groups is 2. The molecular weight excluding hydrogens is 356 g/mol. The molecule has 2 aromatic rings. The number of pyridine rings is 1. The second kappa shape index (κ2) is 8.26. The Labute approximate surface area is 154 Å². The summed E-state index contributed by atoms with van der Waals surface area (Å²) >= 11 is 0. The summed E-state index contributed by atoms with van der Waals surface area (Å²) < 4.78 is 11.0. The molecule has 0 bridgehead atoms. The fourth-order valence-corrected chi connectivity index (χ4v) is 2.51. The molecule has 0 saturated heterocycles. The van der Waals surface area contributed by atoms with Crippen LogP contribution in [0.4, 0.5) is 5.69 Å². The maximum Gasteiger partial charge on any atom is 0.343 e. The van der Waals surface area contributed by atoms with Gasteiger partial charge in [0.1, 0.15) is 5.56 Å². The van der Waals surface area contributed by atoms with Gasteiger partial charge in [-0.15, -0.1) is 0 Å². The first-order chi connectivity index (χ1) is 12.8. The molecule has 0 N–H and O–H groups in total. The highest BCUT2D eigenvalue weighted by molar-refractivity contribution is 5.96. The molecule has 0 radical (unpaired) electrons. The van der Waals surface area contributed by atoms with Gasteiger partial charge in [0.2, 0.25) is 0 Å². The van der Waals surface area contributed by atoms with Crippen molar-refractivity contribution in [2.24, 2.45) is 0 Å². The van der Waals surface area contributed by atoms with Crippen LogP contribution in [0.1, 0.15) is 40.3 Å². The summed E-state index contributed by atoms with van der Waals surface area (Å²) in [7, 11) is 0. The number of nitrogens with zero attached hydrogens (tertiary/aromatic N) is 2. The Kier molecular flexibility index (Phi) is 6.07. The van der Waals surface area contributed by atoms with E-state index in [-0.39, 0.29) is 41.4 Å². The Morgan fingerprint density at radius 2 is 1.56 bits per heavy atom. The van der Waals surface area contributed by atoms with Gasteiger partial charge >= 0.3 is 11.9 Å². The normalized spacial score (nSPS) is 10.3. The van der Waals surface area contributed by atoms with Crippen LogP contribution in [-0.4, -0.2) is 34.6 Å². The summed E-state index contributed by atoms with van der Waals surface area (Å²) in [6, 6.07) is 6.31. The molecule has 0 spiro atoms. The Hall–Kier alpha value is -3.49. The predicted octanol–water partition coefficient (Wildman–Crippen LogP) is 2.41. The molecule has 0 amide bonds. The maximum atomic E-state index is 12.8. The number of nitro groups is 1. The first-order valence-corrected chi connectivity index (χ1v) is 8.17. The van der Waals surface area contributed by atoms with Crippen LogP contribution in [0.2, 0.25) is 0 Å². The molecule has 27 heavy (non-hydrogen) atoms. The number of esters is 2. The smallest absolute Gasteiger partial charge is 0.343 e. The standard InChI is InChI=1S/C18H18N2O7/c1-4-26-17(22)14-10-15(18(23)27-5-2)16(21)19(11(14)3)12-6-8-13(9-7-12)20(24)25/h6-10H,4-5H2,1-3H3. The molecule has 1 aromatic heterocycles. The number of benzene rings is 1. The lowest BCUT2D eigenvalue weighted by Crippen LogP contribution is -2.30. The molecule has 9 heteroatoms. The summed E-state index contributed by atoms with van der Waals surface area (Å²) in [6.45, 7) is 4.91. The van der Waals surface area contributed by atoms with Crippen molar-refractivity contribution in [1.82, 2.24) is 4.57 Å². The quantitative estimate of drug-likeness (QED) is 0.433. The molecule has 0 atom stereocenters. The Morgan fingerprint density at radius 3 is 2.04 bits per heavy atom. The zero-order chi connectivity index (χ0) is 20.1. The molecule has 2 rings (SSSR count). The predicted molar refractivity (Wildman–Crippen MR) is 95.3 cm³/mol. The number of hydrogen-bond acceptors (Lipinski definition) is 7. The first kappa shape index (κ1) is 19.8. The summed E-state index contributed by atoms with van der Waals surface area (Å²) in [5.41, 5.74) is -0.661. The van der Waals surface area contributed by atoms with Crippen LogP contribution in [0.25, 0.3) is 5.69 Å². The van der Waals surface area contributed by atoms with E-state index in [2.05, 4.69) is 0 Å². The van der Waals surface area contributed by atoms with Crippen molar-refractivity contribution < 1.29 is 24.0 Å². The number of aromatic nitrogens is 1. The van der Waals surface area contributed by atoms with Crippen LogP contribution < -0.4 is 5.56 Å². The topological polar surface area (TPSA) is 118 Å². The van der Waals surface area contributed by atoms with Gasteiger partial charge in [0.25, 0.3) is 11.2 Å². The van der Waals surface area contributed by atoms with Crippen LogP contribution in [-0.2, 0) is 9.47 Å². The largest absolute Gasteiger partial charge is 0.462 e. The highest BCUT2D eigenvalue weighted by atomic mass is 16.6. The van der Waals surface area contributed by atoms with Crippen molar-refractivity contribution in [2.75, 3.05) is 13.2 Å². The van der Waals surface area contributed by atoms with Crippen LogP contribution in [0.3, 0.4) is 0 Å². The second-order valence-electron chi connectivity index (χ2n) is 5.41. The van der Waals surface area contributed by atoms with E-state index in [1.54, 1.807) is 13.8 Å². The fourth-order valence-electron chi connectivity index (χ4n) is 2.51. The van der Waals surface area contributed by atoms with Gasteiger partial charge in [0, 0.05) is 23.5 Å². The summed E-state index contributed by atoms with van der Waals surface area (Å²) in [5, 5.41) is 10.8. The van der Waals surface area contributed by atoms with E-state index >= 15 is 0 Å². The molecule has 0 aliphatic heterocycles. The van der Waals surface area contributed by atoms with Crippen molar-refractivity contribution in [1.29, 1.82) is 0 Å². The molecule has 0 fully saturated rings. The van der Waals surface area contributed by atoms with Crippen molar-refractivity contribution in [3.8, 4) is 5.69 Å². The lowest BCUT2D eigenvalue weighted by molar-refractivity contribution is -0.384. The molecular formula is C18H18N2O7. The van der Waals surface area contributed by atoms with Crippen molar-refractivity contribution in [3.05, 3.63) is 67.6 Å². The van der Waals surface area contributed by atoms with E-state index in [9.17, 15) is 24.5 Å². The monoisotopic (exact) mass is 374 g/mol. The molecule has 1 heterocycles. The molecule has 142 valence electrons. The zero-order valence-corrected chi connectivity index (χ0v) is 15.1. The van der Waals surface area contributed by atoms with Crippen LogP contribution in [0.5, 0.6) is 0 Å². The van der Waals surface area contributed by atoms with E-state index in [1.807, 2.05) is 0 Å². The van der Waals surface area contributed by atoms with E-state index in [0.717, 1.165) is 10.6 Å². The highest BCUT2D eigenvalue weighted by Gasteiger charge is 2.23. The minimum Gasteiger partial charge on any atom is -0.462 e. The van der Waals surface area contributed by atoms with Crippen molar-refractivity contribution in [3.63, 3.8) is 0 Å². The van der Waals surface area contributed by atoms with Crippen LogP contribution in [0.15, 0.2) is 35.1 Å². The zero-order valence-electron chi connectivity index (χ0n) is 15.1. The fraction of sp³-hybridized carbons (Fsp3) is 0.278. The number of nitro benzene ring substituents is 1. The van der Waals surface area contributed by atoms with Gasteiger partial charge in [0.05, 0.1) is 23.7 Å². The van der Waals surface area contributed by atoms with Gasteiger partial charge < -0.3 is 9.47 Å². The lowest BCUT2D eigenvalue weighted by atomic mass is 10.1. The van der Waals surface area contributed by atoms with Gasteiger partial charge in [-0.3, -0.25) is 19.5 Å². The van der Waals surface area contributed by atoms with E-state index < -0.39 is 22.4 Å². The average molecular weight is 374 g/mol. The van der Waals surface area contributed by atoms with Gasteiger partial charge in [-0.2, -0.15) is 0 Å². The maximum absolute atomic E-state index is 12.8. The van der Waals surface area contributed by atoms with E-state index in [4.69, 9.17) is 9.47 Å². The molecule has 0 unspecified atom stereocenters. The van der Waals surface area contributed by atoms with Crippen molar-refractivity contribution in [2.45, 2.75) is 20.8 Å². The molecule has 0 saturated carbocycles. The molecule has 9 nitrogen and oxygen atoms in total. The van der Waals surface area contributed by atoms with Gasteiger partial charge in [0.15, 0.2) is 0 Å². The summed E-state index contributed by atoms with van der Waals surface area (Å²) in [5.74, 6) is -1.57. The third kappa shape index (κ3) is 4.02. The van der Waals surface area contributed by atoms with Crippen LogP contribution in [0, 0.1) is 17.0 Å². The second-order valence-corrected chi connectivity index (χ2v) is 5.41. The van der Waals surface area contributed by atoms with E-state index in [0.29, 0.717) is 0 Å². The van der Waals surface area contributed by atoms with Crippen LogP contribution >= 0.6 is 0 Å².